The molecule has 3 N–H and O–H groups in total. The van der Waals surface area contributed by atoms with Crippen molar-refractivity contribution >= 4 is 29.9 Å². The lowest BCUT2D eigenvalue weighted by Crippen LogP contribution is -2.14. The molecule has 1 fully saturated rings. The molecule has 1 heterocycles. The molecule has 0 spiro atoms. The van der Waals surface area contributed by atoms with Crippen LogP contribution in [0, 0.1) is 13.8 Å². The van der Waals surface area contributed by atoms with E-state index >= 15 is 0 Å². The molecule has 0 aliphatic carbocycles. The van der Waals surface area contributed by atoms with E-state index in [9.17, 15) is 19.5 Å². The van der Waals surface area contributed by atoms with E-state index in [0.29, 0.717) is 17.7 Å². The van der Waals surface area contributed by atoms with Gasteiger partial charge in [0.15, 0.2) is 0 Å². The largest absolute Gasteiger partial charge is 0.506 e. The van der Waals surface area contributed by atoms with Crippen LogP contribution < -0.4 is 0 Å². The fourth-order valence-electron chi connectivity index (χ4n) is 2.58. The van der Waals surface area contributed by atoms with Gasteiger partial charge in [-0.15, -0.1) is 24.9 Å². The maximum absolute atomic E-state index is 11.7. The Morgan fingerprint density at radius 1 is 0.917 bits per heavy atom. The first-order valence-electron chi connectivity index (χ1n) is 11.0. The number of rotatable bonds is 6. The van der Waals surface area contributed by atoms with Crippen molar-refractivity contribution in [2.75, 3.05) is 13.2 Å². The third kappa shape index (κ3) is 14.6. The van der Waals surface area contributed by atoms with Gasteiger partial charge in [-0.25, -0.2) is 14.4 Å². The van der Waals surface area contributed by atoms with Gasteiger partial charge in [-0.05, 0) is 51.0 Å². The highest BCUT2D eigenvalue weighted by atomic mass is 32.2. The number of hydrogen-bond acceptors (Lipinski definition) is 7. The molecule has 1 aliphatic heterocycles. The number of benzene rings is 2. The van der Waals surface area contributed by atoms with Gasteiger partial charge >= 0.3 is 18.1 Å². The zero-order chi connectivity index (χ0) is 27.5. The number of carboxylic acids is 1. The van der Waals surface area contributed by atoms with E-state index in [1.807, 2.05) is 26.0 Å². The Hall–Kier alpha value is -3.56. The van der Waals surface area contributed by atoms with E-state index < -0.39 is 12.1 Å². The summed E-state index contributed by atoms with van der Waals surface area (Å²) in [5.41, 5.74) is 2.82. The molecule has 2 aromatic rings. The Labute approximate surface area is 216 Å². The zero-order valence-electron chi connectivity index (χ0n) is 20.6. The van der Waals surface area contributed by atoms with Crippen LogP contribution in [0.5, 0.6) is 0 Å². The number of carbonyl (C=O) groups is 3. The van der Waals surface area contributed by atoms with E-state index in [1.54, 1.807) is 36.4 Å². The summed E-state index contributed by atoms with van der Waals surface area (Å²) >= 11 is 1.48. The summed E-state index contributed by atoms with van der Waals surface area (Å²) in [6, 6.07) is 14.1. The fraction of sp³-hybridized carbons (Fsp3) is 0.296. The highest BCUT2D eigenvalue weighted by Gasteiger charge is 2.24. The highest BCUT2D eigenvalue weighted by Crippen LogP contribution is 2.31. The minimum Gasteiger partial charge on any atom is -0.478 e. The Morgan fingerprint density at radius 2 is 1.42 bits per heavy atom. The molecule has 1 saturated heterocycles. The van der Waals surface area contributed by atoms with Gasteiger partial charge in [0.05, 0.1) is 16.6 Å². The molecule has 0 bridgehead atoms. The van der Waals surface area contributed by atoms with Crippen LogP contribution in [0.4, 0.5) is 4.79 Å². The molecule has 0 radical (unpaired) electrons. The monoisotopic (exact) mass is 518 g/mol. The summed E-state index contributed by atoms with van der Waals surface area (Å²) < 4.78 is 9.22. The number of thioether (sulfide) groups is 1. The van der Waals surface area contributed by atoms with Gasteiger partial charge in [0.1, 0.15) is 13.2 Å². The van der Waals surface area contributed by atoms with Gasteiger partial charge in [-0.3, -0.25) is 0 Å². The number of aliphatic hydroxyl groups excluding tert-OH is 1. The van der Waals surface area contributed by atoms with Gasteiger partial charge in [-0.1, -0.05) is 48.0 Å². The second-order valence-electron chi connectivity index (χ2n) is 7.29. The zero-order valence-corrected chi connectivity index (χ0v) is 21.4. The summed E-state index contributed by atoms with van der Waals surface area (Å²) in [7, 11) is 0. The molecular weight excluding hydrogens is 484 g/mol. The van der Waals surface area contributed by atoms with Crippen LogP contribution in [-0.2, 0) is 9.47 Å². The molecule has 0 amide bonds. The maximum Gasteiger partial charge on any atom is 0.506 e. The fourth-order valence-corrected chi connectivity index (χ4v) is 3.71. The van der Waals surface area contributed by atoms with Crippen LogP contribution in [0.3, 0.4) is 0 Å². The van der Waals surface area contributed by atoms with E-state index in [1.165, 1.54) is 17.8 Å². The van der Waals surface area contributed by atoms with Crippen molar-refractivity contribution in [1.82, 2.24) is 0 Å². The predicted molar refractivity (Wildman–Crippen MR) is 142 cm³/mol. The molecule has 8 nitrogen and oxygen atoms in total. The van der Waals surface area contributed by atoms with E-state index in [2.05, 4.69) is 24.5 Å². The minimum absolute atomic E-state index is 0.0648. The third-order valence-corrected chi connectivity index (χ3v) is 5.70. The number of ether oxygens (including phenoxy) is 2. The van der Waals surface area contributed by atoms with Crippen LogP contribution in [0.1, 0.15) is 44.7 Å². The van der Waals surface area contributed by atoms with Gasteiger partial charge in [0.25, 0.3) is 0 Å². The molecule has 1 aliphatic rings. The summed E-state index contributed by atoms with van der Waals surface area (Å²) in [5.74, 6) is -1.16. The van der Waals surface area contributed by atoms with Crippen LogP contribution in [0.15, 0.2) is 74.3 Å². The number of aromatic carboxylic acids is 1. The average molecular weight is 519 g/mol. The Morgan fingerprint density at radius 3 is 1.78 bits per heavy atom. The van der Waals surface area contributed by atoms with Gasteiger partial charge in [0, 0.05) is 5.25 Å². The van der Waals surface area contributed by atoms with Crippen LogP contribution >= 0.6 is 11.8 Å². The van der Waals surface area contributed by atoms with Crippen molar-refractivity contribution in [3.05, 3.63) is 96.6 Å². The number of aryl methyl sites for hydroxylation is 2. The second-order valence-corrected chi connectivity index (χ2v) is 8.77. The molecule has 36 heavy (non-hydrogen) atoms. The molecule has 196 valence electrons. The van der Waals surface area contributed by atoms with E-state index in [4.69, 9.17) is 14.9 Å². The van der Waals surface area contributed by atoms with Crippen molar-refractivity contribution in [3.63, 3.8) is 0 Å². The molecule has 3 rings (SSSR count). The Bertz CT molecular complexity index is 941. The van der Waals surface area contributed by atoms with E-state index in [0.717, 1.165) is 24.0 Å². The summed E-state index contributed by atoms with van der Waals surface area (Å²) in [4.78, 5) is 31.5. The van der Waals surface area contributed by atoms with Crippen LogP contribution in [0.2, 0.25) is 0 Å². The number of carboxylic acid groups (broad SMARTS) is 2. The maximum atomic E-state index is 11.7. The molecule has 9 heteroatoms. The summed E-state index contributed by atoms with van der Waals surface area (Å²) in [6.07, 6.45) is 1.80. The molecule has 2 atom stereocenters. The van der Waals surface area contributed by atoms with Crippen molar-refractivity contribution in [2.45, 2.75) is 37.4 Å². The minimum atomic E-state index is -1.26. The first-order chi connectivity index (χ1) is 17.1. The molecule has 0 aromatic heterocycles. The highest BCUT2D eigenvalue weighted by molar-refractivity contribution is 8.00. The Balaban J connectivity index is 0.000000549. The first-order valence-corrected chi connectivity index (χ1v) is 11.9. The van der Waals surface area contributed by atoms with Gasteiger partial charge in [0.2, 0.25) is 0 Å². The lowest BCUT2D eigenvalue weighted by atomic mass is 10.1. The Kier molecular flexibility index (Phi) is 16.9. The quantitative estimate of drug-likeness (QED) is 0.324. The number of carbonyl (C=O) groups excluding carboxylic acids is 1. The van der Waals surface area contributed by atoms with Crippen molar-refractivity contribution < 1.29 is 39.2 Å². The SMILES string of the molecule is C=C.C=CCOC(=O)O.Cc1ccc(C(=O)O)cc1.Cc1ccc(C(=O)OC[C@H]2CCC(O)S2)cc1. The van der Waals surface area contributed by atoms with Crippen molar-refractivity contribution in [2.24, 2.45) is 0 Å². The number of aliphatic hydroxyl groups is 1. The van der Waals surface area contributed by atoms with Crippen LogP contribution in [0.25, 0.3) is 0 Å². The smallest absolute Gasteiger partial charge is 0.478 e. The molecule has 0 saturated carbocycles. The molecular formula is C27H34O8S. The number of hydrogen-bond donors (Lipinski definition) is 3. The predicted octanol–water partition coefficient (Wildman–Crippen LogP) is 5.73. The lowest BCUT2D eigenvalue weighted by molar-refractivity contribution is 0.0505. The number of esters is 1. The summed E-state index contributed by atoms with van der Waals surface area (Å²) in [5, 5.41) is 25.8. The second kappa shape index (κ2) is 18.7. The molecule has 2 aromatic carbocycles. The normalized spacial score (nSPS) is 15.3. The third-order valence-electron chi connectivity index (χ3n) is 4.40. The topological polar surface area (TPSA) is 130 Å². The van der Waals surface area contributed by atoms with Crippen molar-refractivity contribution in [3.8, 4) is 0 Å². The van der Waals surface area contributed by atoms with Gasteiger partial charge < -0.3 is 24.8 Å². The average Bonchev–Trinajstić information content (AvgIpc) is 3.29. The van der Waals surface area contributed by atoms with E-state index in [-0.39, 0.29) is 23.3 Å². The first kappa shape index (κ1) is 32.4. The van der Waals surface area contributed by atoms with Crippen LogP contribution in [-0.4, -0.2) is 57.3 Å². The molecule has 1 unspecified atom stereocenters. The lowest BCUT2D eigenvalue weighted by Gasteiger charge is -2.10. The summed E-state index contributed by atoms with van der Waals surface area (Å²) in [6.45, 7) is 13.6. The van der Waals surface area contributed by atoms with Gasteiger partial charge in [-0.2, -0.15) is 0 Å². The standard InChI is InChI=1S/C13H16O3S.C8H8O2.C4H6O3.C2H4/c1-9-2-4-10(5-3-9)13(15)16-8-11-6-7-12(14)17-11;1-6-2-4-7(5-3-6)8(9)10;1-2-3-7-4(5)6;1-2/h2-5,11-12,14H,6-8H2,1H3;2-5H,1H3,(H,9,10);2H,1,3H2,(H,5,6);1-2H2/t11-,12?;;;/m1.../s1. The van der Waals surface area contributed by atoms with Crippen molar-refractivity contribution in [1.29, 1.82) is 0 Å².